The number of rotatable bonds is 13. The van der Waals surface area contributed by atoms with Crippen molar-refractivity contribution in [1.29, 1.82) is 0 Å². The first-order valence-electron chi connectivity index (χ1n) is 15.2. The van der Waals surface area contributed by atoms with Crippen LogP contribution in [0.2, 0.25) is 15.1 Å². The number of amides is 2. The molecule has 2 amide bonds. The molecule has 13 heteroatoms. The lowest BCUT2D eigenvalue weighted by molar-refractivity contribution is -0.142. The first-order chi connectivity index (χ1) is 23.1. The third-order valence-corrected chi connectivity index (χ3v) is 10.6. The lowest BCUT2D eigenvalue weighted by Crippen LogP contribution is -2.51. The van der Waals surface area contributed by atoms with Crippen molar-refractivity contribution in [3.63, 3.8) is 0 Å². The van der Waals surface area contributed by atoms with E-state index in [1.54, 1.807) is 42.5 Å². The zero-order chi connectivity index (χ0) is 34.1. The van der Waals surface area contributed by atoms with Crippen molar-refractivity contribution in [2.24, 2.45) is 0 Å². The van der Waals surface area contributed by atoms with Gasteiger partial charge in [0.05, 0.1) is 18.1 Å². The van der Waals surface area contributed by atoms with Crippen molar-refractivity contribution in [3.8, 4) is 5.75 Å². The molecule has 9 nitrogen and oxygen atoms in total. The van der Waals surface area contributed by atoms with Gasteiger partial charge in [0.25, 0.3) is 5.91 Å². The highest BCUT2D eigenvalue weighted by atomic mass is 35.5. The van der Waals surface area contributed by atoms with Crippen LogP contribution in [-0.2, 0) is 43.9 Å². The van der Waals surface area contributed by atoms with E-state index in [0.29, 0.717) is 39.6 Å². The highest BCUT2D eigenvalue weighted by molar-refractivity contribution is 7.89. The predicted octanol–water partition coefficient (Wildman–Crippen LogP) is 6.00. The van der Waals surface area contributed by atoms with Gasteiger partial charge in [0.15, 0.2) is 6.61 Å². The number of benzene rings is 4. The predicted molar refractivity (Wildman–Crippen MR) is 186 cm³/mol. The van der Waals surface area contributed by atoms with E-state index in [0.717, 1.165) is 11.1 Å². The molecule has 1 aliphatic rings. The number of nitrogens with one attached hydrogen (secondary N) is 1. The fourth-order valence-electron chi connectivity index (χ4n) is 5.18. The maximum absolute atomic E-state index is 14.0. The molecule has 0 saturated carbocycles. The van der Waals surface area contributed by atoms with Crippen LogP contribution in [0, 0.1) is 0 Å². The van der Waals surface area contributed by atoms with Crippen LogP contribution in [0.15, 0.2) is 102 Å². The van der Waals surface area contributed by atoms with Gasteiger partial charge < -0.3 is 19.7 Å². The Balaban J connectivity index is 1.37. The zero-order valence-electron chi connectivity index (χ0n) is 25.9. The molecule has 1 N–H and O–H groups in total. The molecule has 0 radical (unpaired) electrons. The van der Waals surface area contributed by atoms with Crippen molar-refractivity contribution in [3.05, 3.63) is 129 Å². The van der Waals surface area contributed by atoms with E-state index in [9.17, 15) is 18.0 Å². The summed E-state index contributed by atoms with van der Waals surface area (Å²) in [6, 6.07) is 26.4. The minimum absolute atomic E-state index is 0.0999. The van der Waals surface area contributed by atoms with Crippen LogP contribution >= 0.6 is 34.8 Å². The lowest BCUT2D eigenvalue weighted by atomic mass is 10.0. The number of nitrogens with zero attached hydrogens (tertiary/aromatic N) is 2. The normalized spacial score (nSPS) is 14.2. The summed E-state index contributed by atoms with van der Waals surface area (Å²) in [5, 5.41) is 4.37. The van der Waals surface area contributed by atoms with Gasteiger partial charge in [-0.25, -0.2) is 8.42 Å². The molecule has 1 atom stereocenters. The average molecular weight is 731 g/mol. The summed E-state index contributed by atoms with van der Waals surface area (Å²) >= 11 is 18.5. The fourth-order valence-corrected chi connectivity index (χ4v) is 7.19. The second-order valence-electron chi connectivity index (χ2n) is 11.1. The van der Waals surface area contributed by atoms with Crippen molar-refractivity contribution < 1.29 is 27.5 Å². The average Bonchev–Trinajstić information content (AvgIpc) is 3.10. The van der Waals surface area contributed by atoms with Crippen LogP contribution in [-0.4, -0.2) is 68.4 Å². The summed E-state index contributed by atoms with van der Waals surface area (Å²) in [6.07, 6.45) is 0.231. The smallest absolute Gasteiger partial charge is 0.261 e. The van der Waals surface area contributed by atoms with Gasteiger partial charge in [-0.3, -0.25) is 9.59 Å². The first kappa shape index (κ1) is 35.7. The number of carbonyl (C=O) groups is 2. The third-order valence-electron chi connectivity index (χ3n) is 7.80. The van der Waals surface area contributed by atoms with Gasteiger partial charge in [-0.1, -0.05) is 83.3 Å². The van der Waals surface area contributed by atoms with Crippen molar-refractivity contribution >= 4 is 56.6 Å². The molecule has 4 aromatic rings. The summed E-state index contributed by atoms with van der Waals surface area (Å²) in [7, 11) is -3.69. The van der Waals surface area contributed by atoms with Gasteiger partial charge in [-0.2, -0.15) is 4.31 Å². The Morgan fingerprint density at radius 3 is 2.19 bits per heavy atom. The van der Waals surface area contributed by atoms with E-state index in [4.69, 9.17) is 44.3 Å². The fraction of sp³-hybridized carbons (Fsp3) is 0.257. The maximum atomic E-state index is 14.0. The summed E-state index contributed by atoms with van der Waals surface area (Å²) in [5.41, 5.74) is 2.29. The molecular weight excluding hydrogens is 697 g/mol. The van der Waals surface area contributed by atoms with Gasteiger partial charge >= 0.3 is 0 Å². The maximum Gasteiger partial charge on any atom is 0.261 e. The Hall–Kier alpha value is -3.64. The van der Waals surface area contributed by atoms with E-state index in [2.05, 4.69) is 5.32 Å². The van der Waals surface area contributed by atoms with Gasteiger partial charge in [-0.15, -0.1) is 0 Å². The summed E-state index contributed by atoms with van der Waals surface area (Å²) in [6.45, 7) is 1.07. The van der Waals surface area contributed by atoms with E-state index in [-0.39, 0.29) is 43.4 Å². The Bertz CT molecular complexity index is 1800. The van der Waals surface area contributed by atoms with Crippen LogP contribution in [0.25, 0.3) is 0 Å². The van der Waals surface area contributed by atoms with E-state index in [1.807, 2.05) is 30.3 Å². The molecule has 252 valence electrons. The second kappa shape index (κ2) is 16.6. The van der Waals surface area contributed by atoms with Gasteiger partial charge in [0, 0.05) is 47.7 Å². The molecule has 1 aliphatic heterocycles. The monoisotopic (exact) mass is 729 g/mol. The molecule has 0 bridgehead atoms. The summed E-state index contributed by atoms with van der Waals surface area (Å²) in [4.78, 5) is 29.5. The molecule has 1 fully saturated rings. The number of morpholine rings is 1. The number of sulfonamides is 1. The number of carbonyl (C=O) groups excluding carboxylic acids is 2. The largest absolute Gasteiger partial charge is 0.484 e. The summed E-state index contributed by atoms with van der Waals surface area (Å²) in [5.74, 6) is -0.530. The number of hydrogen-bond donors (Lipinski definition) is 1. The zero-order valence-corrected chi connectivity index (χ0v) is 28.9. The van der Waals surface area contributed by atoms with E-state index in [1.165, 1.54) is 33.5 Å². The summed E-state index contributed by atoms with van der Waals surface area (Å²) < 4.78 is 38.5. The molecule has 0 aliphatic carbocycles. The molecule has 48 heavy (non-hydrogen) atoms. The van der Waals surface area contributed by atoms with Crippen LogP contribution in [0.1, 0.15) is 16.7 Å². The molecule has 1 unspecified atom stereocenters. The van der Waals surface area contributed by atoms with Crippen molar-refractivity contribution in [2.75, 3.05) is 32.9 Å². The topological polar surface area (TPSA) is 105 Å². The minimum Gasteiger partial charge on any atom is -0.484 e. The number of ether oxygens (including phenoxy) is 2. The van der Waals surface area contributed by atoms with Gasteiger partial charge in [0.2, 0.25) is 15.9 Å². The van der Waals surface area contributed by atoms with E-state index >= 15 is 0 Å². The molecule has 0 spiro atoms. The molecular formula is C35H34Cl3N3O6S. The van der Waals surface area contributed by atoms with Crippen LogP contribution in [0.5, 0.6) is 5.75 Å². The molecule has 1 heterocycles. The Morgan fingerprint density at radius 2 is 1.52 bits per heavy atom. The lowest BCUT2D eigenvalue weighted by Gasteiger charge is -2.31. The van der Waals surface area contributed by atoms with Crippen LogP contribution in [0.4, 0.5) is 0 Å². The van der Waals surface area contributed by atoms with Crippen molar-refractivity contribution in [1.82, 2.24) is 14.5 Å². The van der Waals surface area contributed by atoms with Crippen LogP contribution in [0.3, 0.4) is 0 Å². The van der Waals surface area contributed by atoms with E-state index < -0.39 is 28.6 Å². The Morgan fingerprint density at radius 1 is 0.854 bits per heavy atom. The molecule has 1 saturated heterocycles. The minimum atomic E-state index is -3.69. The highest BCUT2D eigenvalue weighted by Gasteiger charge is 2.31. The first-order valence-corrected chi connectivity index (χ1v) is 17.8. The van der Waals surface area contributed by atoms with Crippen LogP contribution < -0.4 is 10.1 Å². The number of hydrogen-bond acceptors (Lipinski definition) is 6. The van der Waals surface area contributed by atoms with Gasteiger partial charge in [-0.05, 0) is 65.2 Å². The molecule has 5 rings (SSSR count). The standard InChI is InChI=1S/C35H34Cl3N3O6S/c36-28-9-6-26(7-10-28)23-41(34(42)24-47-30-12-14-31(15-13-30)48(44,45)40-16-18-46-19-17-40)33(20-25-4-2-1-3-5-25)35(43)39-22-27-8-11-29(37)21-32(27)38/h1-15,21,33H,16-20,22-24H2,(H,39,43). The third kappa shape index (κ3) is 9.49. The number of halogens is 3. The molecule has 4 aromatic carbocycles. The van der Waals surface area contributed by atoms with Gasteiger partial charge in [0.1, 0.15) is 11.8 Å². The Labute approximate surface area is 295 Å². The quantitative estimate of drug-likeness (QED) is 0.181. The SMILES string of the molecule is O=C(NCc1ccc(Cl)cc1Cl)C(Cc1ccccc1)N(Cc1ccc(Cl)cc1)C(=O)COc1ccc(S(=O)(=O)N2CCOCC2)cc1. The second-order valence-corrected chi connectivity index (χ2v) is 14.3. The Kier molecular flexibility index (Phi) is 12.4. The molecule has 0 aromatic heterocycles. The van der Waals surface area contributed by atoms with Crippen molar-refractivity contribution in [2.45, 2.75) is 30.4 Å². The highest BCUT2D eigenvalue weighted by Crippen LogP contribution is 2.23.